The number of likely N-dealkylation sites (tertiary alicyclic amines) is 1. The molecule has 1 fully saturated rings. The van der Waals surface area contributed by atoms with Crippen molar-refractivity contribution >= 4 is 0 Å². The number of benzene rings is 1. The van der Waals surface area contributed by atoms with E-state index in [1.165, 1.54) is 38.0 Å². The molecule has 0 unspecified atom stereocenters. The van der Waals surface area contributed by atoms with Crippen molar-refractivity contribution in [2.75, 3.05) is 19.6 Å². The minimum absolute atomic E-state index is 0.0929. The molecule has 0 spiro atoms. The summed E-state index contributed by atoms with van der Waals surface area (Å²) < 4.78 is 6.15. The topological polar surface area (TPSA) is 24.5 Å². The highest BCUT2D eigenvalue weighted by atomic mass is 16.5. The fourth-order valence-electron chi connectivity index (χ4n) is 4.03. The molecule has 128 valence electrons. The summed E-state index contributed by atoms with van der Waals surface area (Å²) in [5.74, 6) is 1.82. The van der Waals surface area contributed by atoms with E-state index in [9.17, 15) is 0 Å². The average molecular weight is 316 g/mol. The van der Waals surface area contributed by atoms with Crippen LogP contribution in [0.25, 0.3) is 0 Å². The third-order valence-corrected chi connectivity index (χ3v) is 5.02. The summed E-state index contributed by atoms with van der Waals surface area (Å²) in [6.07, 6.45) is 3.55. The zero-order valence-electron chi connectivity index (χ0n) is 15.1. The third-order valence-electron chi connectivity index (χ3n) is 5.02. The van der Waals surface area contributed by atoms with Gasteiger partial charge in [-0.05, 0) is 51.8 Å². The van der Waals surface area contributed by atoms with Crippen LogP contribution in [0.4, 0.5) is 0 Å². The van der Waals surface area contributed by atoms with Gasteiger partial charge in [0.15, 0.2) is 0 Å². The summed E-state index contributed by atoms with van der Waals surface area (Å²) >= 11 is 0. The molecular weight excluding hydrogens is 284 g/mol. The van der Waals surface area contributed by atoms with E-state index in [4.69, 9.17) is 4.74 Å². The molecule has 0 amide bonds. The van der Waals surface area contributed by atoms with Crippen molar-refractivity contribution < 1.29 is 4.74 Å². The predicted molar refractivity (Wildman–Crippen MR) is 95.9 cm³/mol. The lowest BCUT2D eigenvalue weighted by atomic mass is 9.88. The average Bonchev–Trinajstić information content (AvgIpc) is 2.47. The molecule has 2 heterocycles. The minimum atomic E-state index is -0.0929. The number of para-hydroxylation sites is 1. The van der Waals surface area contributed by atoms with Gasteiger partial charge in [0.1, 0.15) is 11.4 Å². The Balaban J connectivity index is 1.62. The van der Waals surface area contributed by atoms with Crippen LogP contribution >= 0.6 is 0 Å². The fourth-order valence-corrected chi connectivity index (χ4v) is 4.03. The predicted octanol–water partition coefficient (Wildman–Crippen LogP) is 4.00. The normalized spacial score (nSPS) is 25.2. The van der Waals surface area contributed by atoms with Gasteiger partial charge in [-0.25, -0.2) is 0 Å². The quantitative estimate of drug-likeness (QED) is 0.908. The van der Waals surface area contributed by atoms with Crippen LogP contribution in [0.2, 0.25) is 0 Å². The summed E-state index contributed by atoms with van der Waals surface area (Å²) in [5.41, 5.74) is 1.24. The number of hydrogen-bond donors (Lipinski definition) is 1. The maximum absolute atomic E-state index is 6.15. The van der Waals surface area contributed by atoms with E-state index in [1.807, 2.05) is 0 Å². The Labute approximate surface area is 141 Å². The Morgan fingerprint density at radius 1 is 1.22 bits per heavy atom. The molecule has 23 heavy (non-hydrogen) atoms. The number of piperidine rings is 1. The lowest BCUT2D eigenvalue weighted by Crippen LogP contribution is -2.47. The Hall–Kier alpha value is -1.06. The lowest BCUT2D eigenvalue weighted by Gasteiger charge is -2.41. The van der Waals surface area contributed by atoms with Crippen LogP contribution in [0.15, 0.2) is 24.3 Å². The highest BCUT2D eigenvalue weighted by molar-refractivity contribution is 5.38. The van der Waals surface area contributed by atoms with Crippen molar-refractivity contribution in [2.24, 2.45) is 5.92 Å². The number of nitrogens with one attached hydrogen (secondary N) is 1. The Kier molecular flexibility index (Phi) is 4.98. The van der Waals surface area contributed by atoms with Crippen LogP contribution in [-0.4, -0.2) is 36.2 Å². The lowest BCUT2D eigenvalue weighted by molar-refractivity contribution is 0.0602. The summed E-state index contributed by atoms with van der Waals surface area (Å²) in [7, 11) is 0. The number of fused-ring (bicyclic) bond motifs is 1. The van der Waals surface area contributed by atoms with Crippen LogP contribution in [0.5, 0.6) is 5.75 Å². The number of nitrogens with zero attached hydrogens (tertiary/aromatic N) is 1. The van der Waals surface area contributed by atoms with Gasteiger partial charge in [0.2, 0.25) is 0 Å². The van der Waals surface area contributed by atoms with E-state index >= 15 is 0 Å². The van der Waals surface area contributed by atoms with E-state index in [1.54, 1.807) is 0 Å². The first-order chi connectivity index (χ1) is 10.9. The van der Waals surface area contributed by atoms with E-state index < -0.39 is 0 Å². The van der Waals surface area contributed by atoms with E-state index in [-0.39, 0.29) is 5.60 Å². The van der Waals surface area contributed by atoms with Gasteiger partial charge in [0.25, 0.3) is 0 Å². The van der Waals surface area contributed by atoms with Crippen LogP contribution in [0.1, 0.15) is 58.6 Å². The smallest absolute Gasteiger partial charge is 0.124 e. The summed E-state index contributed by atoms with van der Waals surface area (Å²) in [6.45, 7) is 12.7. The number of rotatable bonds is 4. The molecule has 2 aliphatic heterocycles. The van der Waals surface area contributed by atoms with Crippen molar-refractivity contribution in [3.63, 3.8) is 0 Å². The van der Waals surface area contributed by atoms with Gasteiger partial charge in [0, 0.05) is 30.6 Å². The largest absolute Gasteiger partial charge is 0.487 e. The van der Waals surface area contributed by atoms with Gasteiger partial charge in [-0.3, -0.25) is 0 Å². The maximum Gasteiger partial charge on any atom is 0.124 e. The van der Waals surface area contributed by atoms with Crippen molar-refractivity contribution in [1.82, 2.24) is 10.2 Å². The van der Waals surface area contributed by atoms with E-state index in [2.05, 4.69) is 62.2 Å². The zero-order valence-corrected chi connectivity index (χ0v) is 15.1. The van der Waals surface area contributed by atoms with E-state index in [0.717, 1.165) is 18.1 Å². The number of hydrogen-bond acceptors (Lipinski definition) is 3. The summed E-state index contributed by atoms with van der Waals surface area (Å²) in [5, 5.41) is 3.94. The molecule has 3 rings (SSSR count). The first-order valence-corrected chi connectivity index (χ1v) is 9.19. The maximum atomic E-state index is 6.15. The Morgan fingerprint density at radius 2 is 1.91 bits per heavy atom. The van der Waals surface area contributed by atoms with Crippen molar-refractivity contribution in [3.8, 4) is 5.75 Å². The molecule has 3 heteroatoms. The van der Waals surface area contributed by atoms with Gasteiger partial charge >= 0.3 is 0 Å². The second-order valence-electron chi connectivity index (χ2n) is 8.29. The zero-order chi connectivity index (χ0) is 16.4. The Morgan fingerprint density at radius 3 is 2.61 bits per heavy atom. The van der Waals surface area contributed by atoms with E-state index in [0.29, 0.717) is 12.1 Å². The summed E-state index contributed by atoms with van der Waals surface area (Å²) in [4.78, 5) is 2.62. The molecule has 1 atom stereocenters. The van der Waals surface area contributed by atoms with Crippen molar-refractivity contribution in [3.05, 3.63) is 29.8 Å². The summed E-state index contributed by atoms with van der Waals surface area (Å²) in [6, 6.07) is 9.57. The molecule has 0 aromatic heterocycles. The van der Waals surface area contributed by atoms with Gasteiger partial charge < -0.3 is 15.0 Å². The molecule has 1 saturated heterocycles. The highest BCUT2D eigenvalue weighted by Crippen LogP contribution is 2.39. The first kappa shape index (κ1) is 16.8. The monoisotopic (exact) mass is 316 g/mol. The Bertz CT molecular complexity index is 518. The molecule has 0 aliphatic carbocycles. The first-order valence-electron chi connectivity index (χ1n) is 9.19. The highest BCUT2D eigenvalue weighted by Gasteiger charge is 2.34. The molecule has 0 saturated carbocycles. The van der Waals surface area contributed by atoms with Crippen LogP contribution in [0, 0.1) is 5.92 Å². The minimum Gasteiger partial charge on any atom is -0.487 e. The molecule has 2 aliphatic rings. The van der Waals surface area contributed by atoms with Gasteiger partial charge in [-0.2, -0.15) is 0 Å². The molecule has 0 radical (unpaired) electrons. The van der Waals surface area contributed by atoms with Gasteiger partial charge in [0.05, 0.1) is 0 Å². The van der Waals surface area contributed by atoms with Crippen molar-refractivity contribution in [2.45, 2.75) is 64.6 Å². The molecule has 0 bridgehead atoms. The molecule has 1 aromatic rings. The second-order valence-corrected chi connectivity index (χ2v) is 8.29. The van der Waals surface area contributed by atoms with Gasteiger partial charge in [-0.15, -0.1) is 0 Å². The molecule has 1 aromatic carbocycles. The molecular formula is C20H32N2O. The fraction of sp³-hybridized carbons (Fsp3) is 0.700. The molecule has 1 N–H and O–H groups in total. The van der Waals surface area contributed by atoms with Crippen molar-refractivity contribution in [1.29, 1.82) is 0 Å². The molecule has 3 nitrogen and oxygen atoms in total. The van der Waals surface area contributed by atoms with Crippen LogP contribution < -0.4 is 10.1 Å². The van der Waals surface area contributed by atoms with Gasteiger partial charge in [-0.1, -0.05) is 32.0 Å². The van der Waals surface area contributed by atoms with Crippen LogP contribution in [0.3, 0.4) is 0 Å². The SMILES string of the molecule is CC(C)CN1CCC(N[C@@H]2CC(C)(C)Oc3ccccc32)CC1. The third kappa shape index (κ3) is 4.27. The van der Waals surface area contributed by atoms with Crippen LogP contribution in [-0.2, 0) is 0 Å². The second kappa shape index (κ2) is 6.82. The number of ether oxygens (including phenoxy) is 1. The standard InChI is InChI=1S/C20H32N2O/c1-15(2)14-22-11-9-16(10-12-22)21-18-13-20(3,4)23-19-8-6-5-7-17(18)19/h5-8,15-16,18,21H,9-14H2,1-4H3/t18-/m1/s1.